The smallest absolute Gasteiger partial charge is 0.227 e. The van der Waals surface area contributed by atoms with Crippen LogP contribution in [0.25, 0.3) is 55.6 Å². The Bertz CT molecular complexity index is 2440. The Labute approximate surface area is 274 Å². The van der Waals surface area contributed by atoms with Gasteiger partial charge in [-0.15, -0.1) is 0 Å². The molecule has 8 aromatic rings. The molecule has 0 unspecified atom stereocenters. The summed E-state index contributed by atoms with van der Waals surface area (Å²) in [6, 6.07) is 56.0. The number of aromatic nitrogens is 1. The van der Waals surface area contributed by atoms with E-state index in [2.05, 4.69) is 146 Å². The molecule has 1 heterocycles. The van der Waals surface area contributed by atoms with Gasteiger partial charge in [0.15, 0.2) is 5.58 Å². The maximum Gasteiger partial charge on any atom is 0.227 e. The molecule has 3 nitrogen and oxygen atoms in total. The quantitative estimate of drug-likeness (QED) is 0.196. The molecule has 9 rings (SSSR count). The Morgan fingerprint density at radius 3 is 1.98 bits per heavy atom. The summed E-state index contributed by atoms with van der Waals surface area (Å²) in [5.74, 6) is 0.629. The molecule has 0 radical (unpaired) electrons. The normalized spacial score (nSPS) is 13.1. The minimum absolute atomic E-state index is 0.0645. The van der Waals surface area contributed by atoms with Gasteiger partial charge in [-0.05, 0) is 76.3 Å². The van der Waals surface area contributed by atoms with E-state index < -0.39 is 0 Å². The van der Waals surface area contributed by atoms with Crippen molar-refractivity contribution in [3.05, 3.63) is 169 Å². The van der Waals surface area contributed by atoms with Gasteiger partial charge in [-0.2, -0.15) is 0 Å². The van der Waals surface area contributed by atoms with Crippen molar-refractivity contribution in [2.24, 2.45) is 0 Å². The summed E-state index contributed by atoms with van der Waals surface area (Å²) >= 11 is 0. The average Bonchev–Trinajstić information content (AvgIpc) is 3.67. The van der Waals surface area contributed by atoms with E-state index in [4.69, 9.17) is 9.40 Å². The fourth-order valence-corrected chi connectivity index (χ4v) is 7.41. The SMILES string of the molecule is CC1(C)c2ccccc2-c2cc(N(c3ccccc3-c3ccccc3)c3cccc4c3ccc3nc(-c5ccccc5)oc34)ccc21. The van der Waals surface area contributed by atoms with Gasteiger partial charge in [0.2, 0.25) is 5.89 Å². The van der Waals surface area contributed by atoms with Crippen molar-refractivity contribution in [1.82, 2.24) is 4.98 Å². The van der Waals surface area contributed by atoms with Crippen LogP contribution in [0.5, 0.6) is 0 Å². The van der Waals surface area contributed by atoms with Gasteiger partial charge in [0.1, 0.15) is 5.52 Å². The minimum Gasteiger partial charge on any atom is -0.435 e. The van der Waals surface area contributed by atoms with Gasteiger partial charge >= 0.3 is 0 Å². The molecule has 0 bridgehead atoms. The van der Waals surface area contributed by atoms with E-state index in [-0.39, 0.29) is 5.41 Å². The zero-order chi connectivity index (χ0) is 31.5. The van der Waals surface area contributed by atoms with Crippen molar-refractivity contribution in [1.29, 1.82) is 0 Å². The molecule has 0 saturated heterocycles. The van der Waals surface area contributed by atoms with Crippen LogP contribution < -0.4 is 4.90 Å². The number of para-hydroxylation sites is 1. The summed E-state index contributed by atoms with van der Waals surface area (Å²) in [6.45, 7) is 4.66. The summed E-state index contributed by atoms with van der Waals surface area (Å²) in [4.78, 5) is 7.29. The van der Waals surface area contributed by atoms with Crippen molar-refractivity contribution in [3.63, 3.8) is 0 Å². The fourth-order valence-electron chi connectivity index (χ4n) is 7.41. The van der Waals surface area contributed by atoms with Crippen LogP contribution in [0.3, 0.4) is 0 Å². The lowest BCUT2D eigenvalue weighted by atomic mass is 9.82. The lowest BCUT2D eigenvalue weighted by Crippen LogP contribution is -2.15. The third-order valence-electron chi connectivity index (χ3n) is 9.71. The summed E-state index contributed by atoms with van der Waals surface area (Å²) in [6.07, 6.45) is 0. The predicted octanol–water partition coefficient (Wildman–Crippen LogP) is 12.1. The van der Waals surface area contributed by atoms with E-state index in [9.17, 15) is 0 Å². The molecule has 3 heteroatoms. The van der Waals surface area contributed by atoms with Crippen molar-refractivity contribution in [2.45, 2.75) is 19.3 Å². The number of hydrogen-bond acceptors (Lipinski definition) is 3. The Balaban J connectivity index is 1.30. The van der Waals surface area contributed by atoms with E-state index in [0.717, 1.165) is 44.5 Å². The highest BCUT2D eigenvalue weighted by Gasteiger charge is 2.35. The van der Waals surface area contributed by atoms with Crippen LogP contribution in [-0.2, 0) is 5.41 Å². The highest BCUT2D eigenvalue weighted by Crippen LogP contribution is 2.52. The number of anilines is 3. The predicted molar refractivity (Wildman–Crippen MR) is 195 cm³/mol. The van der Waals surface area contributed by atoms with Crippen LogP contribution in [0.15, 0.2) is 162 Å². The summed E-state index contributed by atoms with van der Waals surface area (Å²) < 4.78 is 6.50. The molecule has 47 heavy (non-hydrogen) atoms. The lowest BCUT2D eigenvalue weighted by Gasteiger charge is -2.30. The molecule has 7 aromatic carbocycles. The highest BCUT2D eigenvalue weighted by atomic mass is 16.3. The first-order valence-electron chi connectivity index (χ1n) is 16.1. The van der Waals surface area contributed by atoms with Crippen LogP contribution in [0.1, 0.15) is 25.0 Å². The second-order valence-electron chi connectivity index (χ2n) is 12.8. The lowest BCUT2D eigenvalue weighted by molar-refractivity contribution is 0.623. The molecule has 0 amide bonds. The Morgan fingerprint density at radius 1 is 0.511 bits per heavy atom. The Hall–Kier alpha value is -5.93. The van der Waals surface area contributed by atoms with Crippen LogP contribution >= 0.6 is 0 Å². The van der Waals surface area contributed by atoms with Crippen LogP contribution in [0.2, 0.25) is 0 Å². The fraction of sp³-hybridized carbons (Fsp3) is 0.0682. The molecule has 0 fully saturated rings. The maximum atomic E-state index is 6.50. The van der Waals surface area contributed by atoms with Gasteiger partial charge in [-0.25, -0.2) is 4.98 Å². The summed E-state index contributed by atoms with van der Waals surface area (Å²) in [7, 11) is 0. The van der Waals surface area contributed by atoms with Crippen LogP contribution in [-0.4, -0.2) is 4.98 Å². The molecule has 1 aromatic heterocycles. The molecular weight excluding hydrogens is 572 g/mol. The number of hydrogen-bond donors (Lipinski definition) is 0. The van der Waals surface area contributed by atoms with E-state index in [0.29, 0.717) is 5.89 Å². The zero-order valence-electron chi connectivity index (χ0n) is 26.3. The van der Waals surface area contributed by atoms with Gasteiger partial charge < -0.3 is 9.32 Å². The average molecular weight is 605 g/mol. The van der Waals surface area contributed by atoms with Crippen molar-refractivity contribution < 1.29 is 4.42 Å². The first-order chi connectivity index (χ1) is 23.1. The van der Waals surface area contributed by atoms with Crippen molar-refractivity contribution >= 4 is 38.9 Å². The van der Waals surface area contributed by atoms with Gasteiger partial charge in [-0.1, -0.05) is 123 Å². The maximum absolute atomic E-state index is 6.50. The van der Waals surface area contributed by atoms with Gasteiger partial charge in [-0.3, -0.25) is 0 Å². The third kappa shape index (κ3) is 4.31. The van der Waals surface area contributed by atoms with E-state index in [1.54, 1.807) is 0 Å². The molecule has 0 N–H and O–H groups in total. The van der Waals surface area contributed by atoms with E-state index in [1.165, 1.54) is 33.4 Å². The first-order valence-corrected chi connectivity index (χ1v) is 16.1. The van der Waals surface area contributed by atoms with Gasteiger partial charge in [0, 0.05) is 33.0 Å². The molecule has 0 aliphatic heterocycles. The van der Waals surface area contributed by atoms with Crippen molar-refractivity contribution in [2.75, 3.05) is 4.90 Å². The number of oxazole rings is 1. The second-order valence-corrected chi connectivity index (χ2v) is 12.8. The largest absolute Gasteiger partial charge is 0.435 e. The van der Waals surface area contributed by atoms with Crippen molar-refractivity contribution in [3.8, 4) is 33.7 Å². The number of benzene rings is 7. The molecule has 1 aliphatic carbocycles. The Kier molecular flexibility index (Phi) is 6.16. The molecule has 1 aliphatic rings. The number of fused-ring (bicyclic) bond motifs is 6. The van der Waals surface area contributed by atoms with Crippen LogP contribution in [0, 0.1) is 0 Å². The van der Waals surface area contributed by atoms with Gasteiger partial charge in [0.05, 0.1) is 11.4 Å². The number of rotatable bonds is 5. The Morgan fingerprint density at radius 2 is 1.17 bits per heavy atom. The van der Waals surface area contributed by atoms with E-state index >= 15 is 0 Å². The molecule has 0 atom stereocenters. The number of nitrogens with zero attached hydrogens (tertiary/aromatic N) is 2. The van der Waals surface area contributed by atoms with E-state index in [1.807, 2.05) is 30.3 Å². The summed E-state index contributed by atoms with van der Waals surface area (Å²) in [5, 5.41) is 2.13. The minimum atomic E-state index is -0.0645. The standard InChI is InChI=1S/C44H32N2O/c1-44(2)37-21-11-9-19-33(37)36-28-31(24-26-38(36)44)46(40-22-12-10-18-32(40)29-14-5-3-6-15-29)41-23-13-20-35-34(41)25-27-39-42(35)47-43(45-39)30-16-7-4-8-17-30/h3-28H,1-2H3. The zero-order valence-corrected chi connectivity index (χ0v) is 26.3. The third-order valence-corrected chi connectivity index (χ3v) is 9.71. The molecule has 0 spiro atoms. The van der Waals surface area contributed by atoms with Crippen LogP contribution in [0.4, 0.5) is 17.1 Å². The van der Waals surface area contributed by atoms with Gasteiger partial charge in [0.25, 0.3) is 0 Å². The summed E-state index contributed by atoms with van der Waals surface area (Å²) in [5.41, 5.74) is 13.5. The first kappa shape index (κ1) is 27.4. The molecule has 224 valence electrons. The second kappa shape index (κ2) is 10.6. The molecule has 0 saturated carbocycles. The molecular formula is C44H32N2O. The monoisotopic (exact) mass is 604 g/mol. The highest BCUT2D eigenvalue weighted by molar-refractivity contribution is 6.10. The topological polar surface area (TPSA) is 29.3 Å².